The molecule has 2 aromatic rings. The van der Waals surface area contributed by atoms with Gasteiger partial charge in [0.05, 0.1) is 0 Å². The molecule has 0 bridgehead atoms. The number of alkyl carbamates (subject to hydrolysis) is 1. The first-order valence-corrected chi connectivity index (χ1v) is 9.60. The van der Waals surface area contributed by atoms with E-state index in [1.807, 2.05) is 39.2 Å². The van der Waals surface area contributed by atoms with Crippen LogP contribution in [0.2, 0.25) is 5.15 Å². The molecule has 3 rings (SSSR count). The Balaban J connectivity index is 0.000000249. The van der Waals surface area contributed by atoms with E-state index in [1.165, 1.54) is 24.4 Å². The van der Waals surface area contributed by atoms with Crippen LogP contribution in [0.5, 0.6) is 0 Å². The van der Waals surface area contributed by atoms with Crippen molar-refractivity contribution in [1.29, 1.82) is 0 Å². The number of pyridine rings is 2. The van der Waals surface area contributed by atoms with E-state index < -0.39 is 0 Å². The van der Waals surface area contributed by atoms with E-state index in [-0.39, 0.29) is 11.7 Å². The maximum Gasteiger partial charge on any atom is 0.407 e. The number of carbonyl (C=O) groups is 1. The Labute approximate surface area is 166 Å². The molecule has 6 nitrogen and oxygen atoms in total. The number of halogens is 1. The molecule has 1 saturated heterocycles. The molecule has 3 heterocycles. The Morgan fingerprint density at radius 1 is 1.22 bits per heavy atom. The predicted octanol–water partition coefficient (Wildman–Crippen LogP) is 4.76. The van der Waals surface area contributed by atoms with E-state index in [0.29, 0.717) is 11.1 Å². The smallest absolute Gasteiger partial charge is 0.407 e. The molecule has 0 saturated carbocycles. The fourth-order valence-corrected chi connectivity index (χ4v) is 2.84. The standard InChI is InChI=1S/C14H16ClN3.C6H13NO2/c1-9(2)11-7-17-14(18-4-3-5-18)12-8-16-13(15)6-10(11)12;1-6(2,3)9-5(8)7-4/h6-9H,3-5H2,1-2H3;1-4H3,(H,7,8). The number of carbonyl (C=O) groups excluding carboxylic acids is 1. The number of nitrogens with zero attached hydrogens (tertiary/aromatic N) is 3. The summed E-state index contributed by atoms with van der Waals surface area (Å²) in [5.41, 5.74) is 0.846. The second-order valence-electron chi connectivity index (χ2n) is 7.84. The highest BCUT2D eigenvalue weighted by Gasteiger charge is 2.20. The van der Waals surface area contributed by atoms with Gasteiger partial charge < -0.3 is 15.0 Å². The van der Waals surface area contributed by atoms with Crippen molar-refractivity contribution in [2.24, 2.45) is 0 Å². The van der Waals surface area contributed by atoms with E-state index in [0.717, 1.165) is 24.3 Å². The molecular weight excluding hydrogens is 364 g/mol. The molecule has 148 valence electrons. The second-order valence-corrected chi connectivity index (χ2v) is 8.22. The van der Waals surface area contributed by atoms with Gasteiger partial charge in [-0.15, -0.1) is 0 Å². The van der Waals surface area contributed by atoms with Gasteiger partial charge in [0.2, 0.25) is 0 Å². The summed E-state index contributed by atoms with van der Waals surface area (Å²) in [4.78, 5) is 21.6. The van der Waals surface area contributed by atoms with Gasteiger partial charge in [-0.1, -0.05) is 25.4 Å². The van der Waals surface area contributed by atoms with Gasteiger partial charge in [-0.2, -0.15) is 0 Å². The van der Waals surface area contributed by atoms with Crippen molar-refractivity contribution in [3.05, 3.63) is 29.2 Å². The lowest BCUT2D eigenvalue weighted by Gasteiger charge is -2.33. The van der Waals surface area contributed by atoms with E-state index in [4.69, 9.17) is 16.3 Å². The van der Waals surface area contributed by atoms with Crippen LogP contribution in [0.25, 0.3) is 10.8 Å². The quantitative estimate of drug-likeness (QED) is 0.746. The minimum Gasteiger partial charge on any atom is -0.444 e. The van der Waals surface area contributed by atoms with Crippen molar-refractivity contribution in [3.8, 4) is 0 Å². The number of hydrogen-bond donors (Lipinski definition) is 1. The molecule has 0 spiro atoms. The maximum absolute atomic E-state index is 10.5. The van der Waals surface area contributed by atoms with Crippen LogP contribution < -0.4 is 10.2 Å². The monoisotopic (exact) mass is 392 g/mol. The highest BCUT2D eigenvalue weighted by Crippen LogP contribution is 2.33. The minimum absolute atomic E-state index is 0.387. The molecule has 27 heavy (non-hydrogen) atoms. The number of anilines is 1. The number of ether oxygens (including phenoxy) is 1. The van der Waals surface area contributed by atoms with Gasteiger partial charge in [0.25, 0.3) is 0 Å². The number of amides is 1. The zero-order valence-electron chi connectivity index (χ0n) is 17.0. The molecule has 0 aliphatic carbocycles. The van der Waals surface area contributed by atoms with Gasteiger partial charge in [-0.3, -0.25) is 0 Å². The molecule has 2 aromatic heterocycles. The fourth-order valence-electron chi connectivity index (χ4n) is 2.69. The topological polar surface area (TPSA) is 67.4 Å². The summed E-state index contributed by atoms with van der Waals surface area (Å²) in [6.45, 7) is 12.0. The predicted molar refractivity (Wildman–Crippen MR) is 111 cm³/mol. The Morgan fingerprint density at radius 3 is 2.33 bits per heavy atom. The van der Waals surface area contributed by atoms with Crippen LogP contribution in [0.3, 0.4) is 0 Å². The summed E-state index contributed by atoms with van der Waals surface area (Å²) in [6, 6.07) is 1.96. The zero-order valence-corrected chi connectivity index (χ0v) is 17.7. The number of nitrogens with one attached hydrogen (secondary N) is 1. The Hall–Kier alpha value is -2.08. The Morgan fingerprint density at radius 2 is 1.89 bits per heavy atom. The van der Waals surface area contributed by atoms with Crippen LogP contribution in [0.4, 0.5) is 10.6 Å². The first-order valence-electron chi connectivity index (χ1n) is 9.22. The van der Waals surface area contributed by atoms with Crippen molar-refractivity contribution in [3.63, 3.8) is 0 Å². The number of fused-ring (bicyclic) bond motifs is 1. The van der Waals surface area contributed by atoms with E-state index >= 15 is 0 Å². The first-order chi connectivity index (χ1) is 12.6. The van der Waals surface area contributed by atoms with Crippen molar-refractivity contribution in [2.75, 3.05) is 25.0 Å². The lowest BCUT2D eigenvalue weighted by molar-refractivity contribution is 0.0541. The largest absolute Gasteiger partial charge is 0.444 e. The zero-order chi connectivity index (χ0) is 20.2. The van der Waals surface area contributed by atoms with E-state index in [9.17, 15) is 4.79 Å². The molecule has 0 unspecified atom stereocenters. The average molecular weight is 393 g/mol. The van der Waals surface area contributed by atoms with Crippen LogP contribution >= 0.6 is 11.6 Å². The third kappa shape index (κ3) is 5.70. The molecule has 7 heteroatoms. The summed E-state index contributed by atoms with van der Waals surface area (Å²) < 4.78 is 4.84. The minimum atomic E-state index is -0.389. The fraction of sp³-hybridized carbons (Fsp3) is 0.550. The molecular formula is C20H29ClN4O2. The van der Waals surface area contributed by atoms with Crippen LogP contribution in [-0.2, 0) is 4.74 Å². The van der Waals surface area contributed by atoms with Crippen molar-refractivity contribution in [2.45, 2.75) is 52.6 Å². The molecule has 1 aliphatic rings. The van der Waals surface area contributed by atoms with Crippen molar-refractivity contribution < 1.29 is 9.53 Å². The van der Waals surface area contributed by atoms with Gasteiger partial charge in [0.1, 0.15) is 16.6 Å². The van der Waals surface area contributed by atoms with Gasteiger partial charge in [-0.25, -0.2) is 14.8 Å². The van der Waals surface area contributed by atoms with Gasteiger partial charge in [0.15, 0.2) is 0 Å². The maximum atomic E-state index is 10.5. The summed E-state index contributed by atoms with van der Waals surface area (Å²) in [5.74, 6) is 1.48. The van der Waals surface area contributed by atoms with E-state index in [2.05, 4.69) is 34.0 Å². The summed E-state index contributed by atoms with van der Waals surface area (Å²) >= 11 is 6.03. The number of aromatic nitrogens is 2. The van der Waals surface area contributed by atoms with Crippen LogP contribution in [0, 0.1) is 0 Å². The van der Waals surface area contributed by atoms with Gasteiger partial charge in [0, 0.05) is 37.9 Å². The van der Waals surface area contributed by atoms with E-state index in [1.54, 1.807) is 0 Å². The molecule has 1 amide bonds. The SMILES string of the molecule is CC(C)c1cnc(N2CCC2)c2cnc(Cl)cc12.CNC(=O)OC(C)(C)C. The summed E-state index contributed by atoms with van der Waals surface area (Å²) in [6.07, 6.45) is 4.69. The van der Waals surface area contributed by atoms with Crippen LogP contribution in [-0.4, -0.2) is 41.8 Å². The lowest BCUT2D eigenvalue weighted by atomic mass is 9.99. The van der Waals surface area contributed by atoms with Gasteiger partial charge in [-0.05, 0) is 50.1 Å². The van der Waals surface area contributed by atoms with Gasteiger partial charge >= 0.3 is 6.09 Å². The lowest BCUT2D eigenvalue weighted by Crippen LogP contribution is -2.37. The number of hydrogen-bond acceptors (Lipinski definition) is 5. The van der Waals surface area contributed by atoms with Crippen LogP contribution in [0.15, 0.2) is 18.5 Å². The second kappa shape index (κ2) is 8.74. The normalized spacial score (nSPS) is 13.7. The van der Waals surface area contributed by atoms with Crippen LogP contribution in [0.1, 0.15) is 52.5 Å². The molecule has 0 atom stereocenters. The molecule has 0 radical (unpaired) electrons. The highest BCUT2D eigenvalue weighted by molar-refractivity contribution is 6.30. The molecule has 1 fully saturated rings. The summed E-state index contributed by atoms with van der Waals surface area (Å²) in [5, 5.41) is 5.21. The van der Waals surface area contributed by atoms with Crippen molar-refractivity contribution in [1.82, 2.24) is 15.3 Å². The third-order valence-corrected chi connectivity index (χ3v) is 4.34. The number of rotatable bonds is 2. The molecule has 1 N–H and O–H groups in total. The third-order valence-electron chi connectivity index (χ3n) is 4.13. The van der Waals surface area contributed by atoms with Crippen molar-refractivity contribution >= 4 is 34.3 Å². The first kappa shape index (κ1) is 21.2. The Bertz CT molecular complexity index is 798. The summed E-state index contributed by atoms with van der Waals surface area (Å²) in [7, 11) is 1.54. The Kier molecular flexibility index (Phi) is 6.87. The highest BCUT2D eigenvalue weighted by atomic mass is 35.5. The average Bonchev–Trinajstić information content (AvgIpc) is 2.51. The molecule has 1 aliphatic heterocycles. The molecule has 0 aromatic carbocycles.